The van der Waals surface area contributed by atoms with E-state index in [1.807, 2.05) is 0 Å². The number of nitrogens with zero attached hydrogens (tertiary/aromatic N) is 2. The minimum Gasteiger partial charge on any atom is -0.460 e. The lowest BCUT2D eigenvalue weighted by molar-refractivity contribution is -0.155. The fraction of sp³-hybridized carbons (Fsp3) is 0.597. The number of nitrogens with two attached hydrogens (primary N) is 2. The van der Waals surface area contributed by atoms with Gasteiger partial charge in [-0.2, -0.15) is 0 Å². The lowest BCUT2D eigenvalue weighted by Crippen LogP contribution is -2.54. The van der Waals surface area contributed by atoms with Gasteiger partial charge in [0, 0.05) is 75.5 Å². The molecule has 0 aromatic heterocycles. The molecular weight excluding hydrogens is 1280 g/mol. The van der Waals surface area contributed by atoms with Crippen LogP contribution in [-0.4, -0.2) is 197 Å². The molecule has 1 aliphatic heterocycles. The van der Waals surface area contributed by atoms with Crippen molar-refractivity contribution < 1.29 is 90.8 Å². The quantitative estimate of drug-likeness (QED) is 0.0259. The van der Waals surface area contributed by atoms with E-state index >= 15 is 0 Å². The molecule has 31 nitrogen and oxygen atoms in total. The van der Waals surface area contributed by atoms with Crippen molar-refractivity contribution in [1.29, 1.82) is 0 Å². The zero-order chi connectivity index (χ0) is 73.0. The molecule has 1 aliphatic rings. The van der Waals surface area contributed by atoms with E-state index in [4.69, 9.17) is 39.9 Å². The zero-order valence-electron chi connectivity index (χ0n) is 58.1. The molecule has 2 aromatic rings. The van der Waals surface area contributed by atoms with E-state index in [0.717, 1.165) is 17.1 Å². The van der Waals surface area contributed by atoms with Crippen LogP contribution in [0.25, 0.3) is 0 Å². The molecule has 1 heterocycles. The van der Waals surface area contributed by atoms with E-state index in [1.165, 1.54) is 4.90 Å². The number of carbonyl (C=O) groups excluding carboxylic acids is 13. The highest BCUT2D eigenvalue weighted by atomic mass is 16.5. The van der Waals surface area contributed by atoms with Gasteiger partial charge in [-0.25, -0.2) is 9.59 Å². The number of anilines is 2. The normalized spacial score (nSPS) is 13.4. The number of primary amides is 2. The maximum Gasteiger partial charge on any atom is 0.312 e. The van der Waals surface area contributed by atoms with E-state index in [-0.39, 0.29) is 162 Å². The Kier molecular flexibility index (Phi) is 36.7. The maximum atomic E-state index is 13.7. The first kappa shape index (κ1) is 83.2. The second-order valence-corrected chi connectivity index (χ2v) is 25.8. The summed E-state index contributed by atoms with van der Waals surface area (Å²) < 4.78 is 33.5. The largest absolute Gasteiger partial charge is 0.460 e. The van der Waals surface area contributed by atoms with Crippen LogP contribution in [0.3, 0.4) is 0 Å². The summed E-state index contributed by atoms with van der Waals surface area (Å²) in [7, 11) is 0. The predicted molar refractivity (Wildman–Crippen MR) is 359 cm³/mol. The van der Waals surface area contributed by atoms with Crippen molar-refractivity contribution in [3.8, 4) is 0 Å². The second kappa shape index (κ2) is 43.3. The number of ether oxygens (including phenoxy) is 6. The molecule has 0 unspecified atom stereocenters. The molecule has 0 spiro atoms. The smallest absolute Gasteiger partial charge is 0.312 e. The van der Waals surface area contributed by atoms with E-state index in [1.54, 1.807) is 118 Å². The molecule has 4 atom stereocenters. The summed E-state index contributed by atoms with van der Waals surface area (Å²) >= 11 is 0. The molecule has 544 valence electrons. The zero-order valence-corrected chi connectivity index (χ0v) is 58.1. The van der Waals surface area contributed by atoms with Gasteiger partial charge in [-0.15, -0.1) is 0 Å². The van der Waals surface area contributed by atoms with Crippen molar-refractivity contribution in [2.75, 3.05) is 96.2 Å². The molecule has 12 N–H and O–H groups in total. The molecule has 0 saturated heterocycles. The predicted octanol–water partition coefficient (Wildman–Crippen LogP) is 2.58. The molecule has 0 fully saturated rings. The number of rotatable bonds is 45. The van der Waals surface area contributed by atoms with Gasteiger partial charge >= 0.3 is 24.0 Å². The second-order valence-electron chi connectivity index (χ2n) is 25.8. The van der Waals surface area contributed by atoms with Gasteiger partial charge in [0.15, 0.2) is 0 Å². The number of nitrogens with one attached hydrogen (secondary N) is 8. The highest BCUT2D eigenvalue weighted by molar-refractivity contribution is 6.13. The van der Waals surface area contributed by atoms with Gasteiger partial charge in [0.2, 0.25) is 41.4 Å². The fourth-order valence-corrected chi connectivity index (χ4v) is 8.92. The first-order valence-corrected chi connectivity index (χ1v) is 32.8. The summed E-state index contributed by atoms with van der Waals surface area (Å²) in [5, 5.41) is 21.4. The number of carbonyl (C=O) groups is 13. The van der Waals surface area contributed by atoms with Crippen LogP contribution in [0.15, 0.2) is 60.7 Å². The summed E-state index contributed by atoms with van der Waals surface area (Å²) in [6.45, 7) is 18.1. The van der Waals surface area contributed by atoms with Gasteiger partial charge in [-0.3, -0.25) is 57.6 Å². The van der Waals surface area contributed by atoms with Crippen LogP contribution >= 0.6 is 0 Å². The van der Waals surface area contributed by atoms with Gasteiger partial charge in [0.05, 0.1) is 63.7 Å². The minimum absolute atomic E-state index is 0.0349. The summed E-state index contributed by atoms with van der Waals surface area (Å²) in [5.41, 5.74) is 11.3. The molecule has 98 heavy (non-hydrogen) atoms. The van der Waals surface area contributed by atoms with Crippen molar-refractivity contribution in [1.82, 2.24) is 41.7 Å². The maximum absolute atomic E-state index is 13.7. The first-order valence-electron chi connectivity index (χ1n) is 32.8. The summed E-state index contributed by atoms with van der Waals surface area (Å²) in [4.78, 5) is 168. The molecule has 31 heteroatoms. The third kappa shape index (κ3) is 33.3. The SMILES string of the molecule is CC(C)[C@H](NC(=O)CCOCCOCCN(CCOCCOCCC(=O)N[C@H](C(=O)N[C@@H](CCCNC(N)=O)C(=O)Nc1ccc(COC(=O)C(C)(C)C)cc1)C(C)C)C(=O)CCN1C(=O)C=CC1=O)C(=O)N[C@@H](CCCNC(N)=O)C(=O)Nc1ccc(COC(=O)C(C)(C)C)cc1. The van der Waals surface area contributed by atoms with Crippen LogP contribution in [-0.2, 0) is 94.4 Å². The Bertz CT molecular complexity index is 2820. The van der Waals surface area contributed by atoms with Crippen molar-refractivity contribution in [2.45, 2.75) is 152 Å². The average Bonchev–Trinajstić information content (AvgIpc) is 1.47. The molecule has 13 amide bonds. The average molecular weight is 1380 g/mol. The lowest BCUT2D eigenvalue weighted by atomic mass is 9.97. The van der Waals surface area contributed by atoms with Gasteiger partial charge in [0.1, 0.15) is 37.4 Å². The Balaban J connectivity index is 1.45. The van der Waals surface area contributed by atoms with Gasteiger partial charge in [-0.1, -0.05) is 52.0 Å². The summed E-state index contributed by atoms with van der Waals surface area (Å²) in [6, 6.07) is 7.50. The van der Waals surface area contributed by atoms with Crippen LogP contribution in [0.2, 0.25) is 0 Å². The Morgan fingerprint density at radius 3 is 1.17 bits per heavy atom. The number of hydrogen-bond acceptors (Lipinski definition) is 19. The summed E-state index contributed by atoms with van der Waals surface area (Å²) in [6.07, 6.45) is 2.58. The number of imide groups is 1. The van der Waals surface area contributed by atoms with Crippen molar-refractivity contribution in [3.63, 3.8) is 0 Å². The molecule has 3 rings (SSSR count). The van der Waals surface area contributed by atoms with Crippen LogP contribution < -0.4 is 54.0 Å². The Morgan fingerprint density at radius 1 is 0.480 bits per heavy atom. The van der Waals surface area contributed by atoms with Gasteiger partial charge < -0.3 is 87.3 Å². The van der Waals surface area contributed by atoms with Crippen molar-refractivity contribution >= 4 is 88.5 Å². The van der Waals surface area contributed by atoms with Crippen molar-refractivity contribution in [2.24, 2.45) is 34.1 Å². The molecule has 0 bridgehead atoms. The highest BCUT2D eigenvalue weighted by Crippen LogP contribution is 2.20. The van der Waals surface area contributed by atoms with Crippen LogP contribution in [0, 0.1) is 22.7 Å². The topological polar surface area (TPSA) is 432 Å². The minimum atomic E-state index is -1.08. The number of urea groups is 2. The Morgan fingerprint density at radius 2 is 0.837 bits per heavy atom. The number of esters is 2. The van der Waals surface area contributed by atoms with E-state index in [9.17, 15) is 62.3 Å². The summed E-state index contributed by atoms with van der Waals surface area (Å²) in [5.74, 6) is -6.34. The number of benzene rings is 2. The van der Waals surface area contributed by atoms with Crippen LogP contribution in [0.5, 0.6) is 0 Å². The van der Waals surface area contributed by atoms with E-state index < -0.39 is 106 Å². The molecular formula is C67H102N12O19. The van der Waals surface area contributed by atoms with Crippen LogP contribution in [0.1, 0.15) is 125 Å². The standard InChI is InChI=1S/C67H102N12O19/c1-43(2)56(60(87)74-49(13-11-28-70-64(68)91)58(85)72-47-19-15-45(16-20-47)41-97-62(89)66(5,6)7)76-51(80)26-33-93-37-39-95-35-31-78(53(82)25-30-79-54(83)23-24-55(79)84)32-36-96-40-38-94-34-27-52(81)77-57(44(3)4)61(88)75-50(14-12-29-71-65(69)92)59(86)73-48-21-17-46(18-22-48)42-98-63(90)67(8,9)10/h15-24,43-44,49-50,56-57H,11-14,25-42H2,1-10H3,(H,72,85)(H,73,86)(H,74,87)(H,75,88)(H,76,80)(H,77,81)(H3,68,70,91)(H3,69,71,92)/t49-,50-,56-,57-/m0/s1. The first-order chi connectivity index (χ1) is 46.2. The van der Waals surface area contributed by atoms with Crippen LogP contribution in [0.4, 0.5) is 21.0 Å². The third-order valence-corrected chi connectivity index (χ3v) is 14.6. The molecule has 0 radical (unpaired) electrons. The van der Waals surface area contributed by atoms with E-state index in [2.05, 4.69) is 42.5 Å². The van der Waals surface area contributed by atoms with E-state index in [0.29, 0.717) is 22.5 Å². The van der Waals surface area contributed by atoms with Gasteiger partial charge in [-0.05, 0) is 114 Å². The number of amides is 13. The number of hydrogen-bond donors (Lipinski definition) is 10. The lowest BCUT2D eigenvalue weighted by Gasteiger charge is -2.25. The monoisotopic (exact) mass is 1380 g/mol. The molecule has 2 aromatic carbocycles. The van der Waals surface area contributed by atoms with Gasteiger partial charge in [0.25, 0.3) is 11.8 Å². The van der Waals surface area contributed by atoms with Crippen molar-refractivity contribution in [3.05, 3.63) is 71.8 Å². The molecule has 0 aliphatic carbocycles. The third-order valence-electron chi connectivity index (χ3n) is 14.6. The Labute approximate surface area is 572 Å². The fourth-order valence-electron chi connectivity index (χ4n) is 8.92. The Hall–Kier alpha value is -9.07. The molecule has 0 saturated carbocycles. The highest BCUT2D eigenvalue weighted by Gasteiger charge is 2.32.